The maximum absolute atomic E-state index is 6.03. The van der Waals surface area contributed by atoms with Crippen molar-refractivity contribution in [3.63, 3.8) is 0 Å². The van der Waals surface area contributed by atoms with E-state index in [0.717, 1.165) is 11.3 Å². The van der Waals surface area contributed by atoms with Gasteiger partial charge in [0.05, 0.1) is 17.9 Å². The van der Waals surface area contributed by atoms with E-state index < -0.39 is 0 Å². The Balaban J connectivity index is 2.58. The van der Waals surface area contributed by atoms with E-state index in [1.54, 1.807) is 12.5 Å². The van der Waals surface area contributed by atoms with Crippen molar-refractivity contribution in [2.75, 3.05) is 0 Å². The molecule has 0 saturated carbocycles. The third-order valence-electron chi connectivity index (χ3n) is 2.01. The first-order chi connectivity index (χ1) is 6.83. The van der Waals surface area contributed by atoms with Gasteiger partial charge in [-0.3, -0.25) is 0 Å². The van der Waals surface area contributed by atoms with Gasteiger partial charge >= 0.3 is 0 Å². The molecule has 72 valence electrons. The number of halogens is 2. The van der Waals surface area contributed by atoms with Crippen molar-refractivity contribution in [3.8, 4) is 5.69 Å². The van der Waals surface area contributed by atoms with Gasteiger partial charge in [-0.2, -0.15) is 0 Å². The Hall–Kier alpha value is -0.990. The summed E-state index contributed by atoms with van der Waals surface area (Å²) < 4.78 is 1.89. The summed E-state index contributed by atoms with van der Waals surface area (Å²) in [7, 11) is 0. The molecule has 0 saturated heterocycles. The van der Waals surface area contributed by atoms with E-state index in [1.165, 1.54) is 0 Å². The van der Waals surface area contributed by atoms with E-state index in [-0.39, 0.29) is 0 Å². The van der Waals surface area contributed by atoms with E-state index in [4.69, 9.17) is 23.2 Å². The van der Waals surface area contributed by atoms with Crippen molar-refractivity contribution < 1.29 is 0 Å². The highest BCUT2D eigenvalue weighted by atomic mass is 35.5. The molecule has 0 aliphatic rings. The molecule has 0 fully saturated rings. The Bertz CT molecular complexity index is 424. The minimum atomic E-state index is 0.396. The maximum atomic E-state index is 6.03. The Labute approximate surface area is 92.1 Å². The minimum Gasteiger partial charge on any atom is -0.306 e. The number of hydrogen-bond acceptors (Lipinski definition) is 1. The van der Waals surface area contributed by atoms with Gasteiger partial charge in [0, 0.05) is 23.0 Å². The first kappa shape index (κ1) is 9.56. The van der Waals surface area contributed by atoms with Crippen LogP contribution >= 0.6 is 23.2 Å². The van der Waals surface area contributed by atoms with Gasteiger partial charge in [0.25, 0.3) is 0 Å². The van der Waals surface area contributed by atoms with Gasteiger partial charge in [-0.15, -0.1) is 11.6 Å². The molecule has 0 atom stereocenters. The number of hydrogen-bond donors (Lipinski definition) is 0. The third kappa shape index (κ3) is 1.63. The van der Waals surface area contributed by atoms with Crippen LogP contribution in [0, 0.1) is 0 Å². The van der Waals surface area contributed by atoms with Crippen LogP contribution in [0.4, 0.5) is 0 Å². The summed E-state index contributed by atoms with van der Waals surface area (Å²) in [6, 6.07) is 5.69. The van der Waals surface area contributed by atoms with Crippen LogP contribution in [-0.2, 0) is 5.88 Å². The molecule has 4 heteroatoms. The van der Waals surface area contributed by atoms with Crippen LogP contribution in [0.1, 0.15) is 5.56 Å². The lowest BCUT2D eigenvalue weighted by atomic mass is 10.2. The minimum absolute atomic E-state index is 0.396. The fourth-order valence-electron chi connectivity index (χ4n) is 1.32. The van der Waals surface area contributed by atoms with Gasteiger partial charge in [-0.05, 0) is 12.1 Å². The average Bonchev–Trinajstić information content (AvgIpc) is 2.70. The molecule has 2 rings (SSSR count). The van der Waals surface area contributed by atoms with Crippen LogP contribution in [0.5, 0.6) is 0 Å². The quantitative estimate of drug-likeness (QED) is 0.720. The van der Waals surface area contributed by atoms with E-state index in [0.29, 0.717) is 10.9 Å². The number of rotatable bonds is 2. The Kier molecular flexibility index (Phi) is 2.75. The highest BCUT2D eigenvalue weighted by Gasteiger charge is 2.06. The molecular formula is C10H8Cl2N2. The van der Waals surface area contributed by atoms with Crippen molar-refractivity contribution in [3.05, 3.63) is 47.5 Å². The molecule has 2 aromatic rings. The first-order valence-corrected chi connectivity index (χ1v) is 5.06. The van der Waals surface area contributed by atoms with Gasteiger partial charge < -0.3 is 4.57 Å². The zero-order valence-electron chi connectivity index (χ0n) is 7.32. The summed E-state index contributed by atoms with van der Waals surface area (Å²) in [6.45, 7) is 0. The van der Waals surface area contributed by atoms with Crippen LogP contribution in [0.25, 0.3) is 5.69 Å². The van der Waals surface area contributed by atoms with Crippen molar-refractivity contribution in [1.29, 1.82) is 0 Å². The van der Waals surface area contributed by atoms with Gasteiger partial charge in [0.1, 0.15) is 0 Å². The molecule has 0 unspecified atom stereocenters. The standard InChI is InChI=1S/C10H8Cl2N2/c11-6-8-9(12)2-1-3-10(8)14-5-4-13-7-14/h1-5,7H,6H2. The smallest absolute Gasteiger partial charge is 0.0991 e. The predicted molar refractivity (Wildman–Crippen MR) is 58.1 cm³/mol. The summed E-state index contributed by atoms with van der Waals surface area (Å²) in [4.78, 5) is 3.98. The van der Waals surface area contributed by atoms with E-state index >= 15 is 0 Å². The fourth-order valence-corrected chi connectivity index (χ4v) is 1.91. The molecule has 14 heavy (non-hydrogen) atoms. The van der Waals surface area contributed by atoms with Crippen molar-refractivity contribution in [2.45, 2.75) is 5.88 Å². The number of benzene rings is 1. The first-order valence-electron chi connectivity index (χ1n) is 4.14. The summed E-state index contributed by atoms with van der Waals surface area (Å²) in [5.41, 5.74) is 1.90. The Morgan fingerprint density at radius 1 is 1.36 bits per heavy atom. The Morgan fingerprint density at radius 3 is 2.86 bits per heavy atom. The largest absolute Gasteiger partial charge is 0.306 e. The van der Waals surface area contributed by atoms with Crippen LogP contribution in [-0.4, -0.2) is 9.55 Å². The van der Waals surface area contributed by atoms with E-state index in [2.05, 4.69) is 4.98 Å². The van der Waals surface area contributed by atoms with Gasteiger partial charge in [-0.25, -0.2) is 4.98 Å². The van der Waals surface area contributed by atoms with Crippen molar-refractivity contribution >= 4 is 23.2 Å². The van der Waals surface area contributed by atoms with Crippen LogP contribution in [0.3, 0.4) is 0 Å². The molecule has 0 bridgehead atoms. The number of imidazole rings is 1. The molecule has 1 aromatic carbocycles. The van der Waals surface area contributed by atoms with E-state index in [9.17, 15) is 0 Å². The molecule has 0 spiro atoms. The number of nitrogens with zero attached hydrogens (tertiary/aromatic N) is 2. The highest BCUT2D eigenvalue weighted by molar-refractivity contribution is 6.32. The molecule has 0 amide bonds. The molecule has 0 radical (unpaired) electrons. The Morgan fingerprint density at radius 2 is 2.21 bits per heavy atom. The summed E-state index contributed by atoms with van der Waals surface area (Å²) >= 11 is 11.9. The third-order valence-corrected chi connectivity index (χ3v) is 2.63. The highest BCUT2D eigenvalue weighted by Crippen LogP contribution is 2.24. The summed E-state index contributed by atoms with van der Waals surface area (Å²) in [5, 5.41) is 0.686. The zero-order chi connectivity index (χ0) is 9.97. The topological polar surface area (TPSA) is 17.8 Å². The second kappa shape index (κ2) is 4.03. The van der Waals surface area contributed by atoms with Gasteiger partial charge in [-0.1, -0.05) is 17.7 Å². The predicted octanol–water partition coefficient (Wildman–Crippen LogP) is 3.26. The van der Waals surface area contributed by atoms with E-state index in [1.807, 2.05) is 29.0 Å². The van der Waals surface area contributed by atoms with Gasteiger partial charge in [0.15, 0.2) is 0 Å². The van der Waals surface area contributed by atoms with Gasteiger partial charge in [0.2, 0.25) is 0 Å². The SMILES string of the molecule is ClCc1c(Cl)cccc1-n1ccnc1. The molecule has 0 aliphatic carbocycles. The second-order valence-corrected chi connectivity index (χ2v) is 3.52. The van der Waals surface area contributed by atoms with Crippen LogP contribution in [0.15, 0.2) is 36.9 Å². The fraction of sp³-hybridized carbons (Fsp3) is 0.100. The van der Waals surface area contributed by atoms with Crippen molar-refractivity contribution in [2.24, 2.45) is 0 Å². The van der Waals surface area contributed by atoms with Crippen LogP contribution < -0.4 is 0 Å². The molecule has 0 aliphatic heterocycles. The number of alkyl halides is 1. The lowest BCUT2D eigenvalue weighted by Crippen LogP contribution is -1.95. The lowest BCUT2D eigenvalue weighted by Gasteiger charge is -2.08. The summed E-state index contributed by atoms with van der Waals surface area (Å²) in [6.07, 6.45) is 5.31. The summed E-state index contributed by atoms with van der Waals surface area (Å²) in [5.74, 6) is 0.396. The normalized spacial score (nSPS) is 10.4. The molecular weight excluding hydrogens is 219 g/mol. The maximum Gasteiger partial charge on any atom is 0.0991 e. The van der Waals surface area contributed by atoms with Crippen LogP contribution in [0.2, 0.25) is 5.02 Å². The molecule has 2 nitrogen and oxygen atoms in total. The second-order valence-electron chi connectivity index (χ2n) is 2.84. The van der Waals surface area contributed by atoms with Crippen molar-refractivity contribution in [1.82, 2.24) is 9.55 Å². The zero-order valence-corrected chi connectivity index (χ0v) is 8.83. The number of aromatic nitrogens is 2. The molecule has 1 aromatic heterocycles. The monoisotopic (exact) mass is 226 g/mol. The lowest BCUT2D eigenvalue weighted by molar-refractivity contribution is 1.04. The molecule has 0 N–H and O–H groups in total. The average molecular weight is 227 g/mol. The molecule has 1 heterocycles.